The first kappa shape index (κ1) is 15.9. The van der Waals surface area contributed by atoms with Gasteiger partial charge in [0.2, 0.25) is 0 Å². The number of carboxylic acid groups (broad SMARTS) is 4. The van der Waals surface area contributed by atoms with Gasteiger partial charge >= 0.3 is 23.9 Å². The van der Waals surface area contributed by atoms with Crippen LogP contribution in [0.5, 0.6) is 0 Å². The fourth-order valence-electron chi connectivity index (χ4n) is 1.83. The quantitative estimate of drug-likeness (QED) is 0.462. The van der Waals surface area contributed by atoms with Crippen molar-refractivity contribution in [1.29, 1.82) is 0 Å². The molecule has 0 aromatic carbocycles. The van der Waals surface area contributed by atoms with Crippen molar-refractivity contribution in [3.63, 3.8) is 0 Å². The van der Waals surface area contributed by atoms with Crippen LogP contribution < -0.4 is 0 Å². The number of carboxylic acids is 4. The Labute approximate surface area is 102 Å². The third-order valence-corrected chi connectivity index (χ3v) is 2.60. The highest BCUT2D eigenvalue weighted by molar-refractivity contribution is 5.98. The molecule has 0 aliphatic carbocycles. The fraction of sp³-hybridized carbons (Fsp3) is 0.600. The number of hydrogen-bond donors (Lipinski definition) is 4. The zero-order valence-corrected chi connectivity index (χ0v) is 9.73. The zero-order valence-electron chi connectivity index (χ0n) is 9.73. The van der Waals surface area contributed by atoms with Crippen molar-refractivity contribution in [2.24, 2.45) is 23.7 Å². The van der Waals surface area contributed by atoms with Crippen molar-refractivity contribution in [3.8, 4) is 0 Å². The average Bonchev–Trinajstić information content (AvgIpc) is 2.13. The summed E-state index contributed by atoms with van der Waals surface area (Å²) in [5.41, 5.74) is 0. The highest BCUT2D eigenvalue weighted by atomic mass is 16.4. The number of carbonyl (C=O) groups is 4. The predicted molar refractivity (Wildman–Crippen MR) is 55.9 cm³/mol. The highest BCUT2D eigenvalue weighted by Crippen LogP contribution is 2.30. The minimum atomic E-state index is -2.08. The molecule has 0 fully saturated rings. The van der Waals surface area contributed by atoms with Crippen LogP contribution in [-0.4, -0.2) is 44.3 Å². The lowest BCUT2D eigenvalue weighted by molar-refractivity contribution is -0.166. The molecule has 0 radical (unpaired) electrons. The molecule has 0 aromatic rings. The summed E-state index contributed by atoms with van der Waals surface area (Å²) in [6, 6.07) is 0. The van der Waals surface area contributed by atoms with Crippen molar-refractivity contribution in [2.75, 3.05) is 0 Å². The first-order chi connectivity index (χ1) is 8.11. The van der Waals surface area contributed by atoms with E-state index in [0.717, 1.165) is 0 Å². The molecule has 102 valence electrons. The smallest absolute Gasteiger partial charge is 0.318 e. The molecule has 0 aliphatic rings. The first-order valence-electron chi connectivity index (χ1n) is 5.02. The van der Waals surface area contributed by atoms with E-state index in [1.165, 1.54) is 13.8 Å². The maximum Gasteiger partial charge on any atom is 0.318 e. The molecule has 0 aromatic heterocycles. The Morgan fingerprint density at radius 3 is 1.00 bits per heavy atom. The topological polar surface area (TPSA) is 149 Å². The normalized spacial score (nSPS) is 11.2. The van der Waals surface area contributed by atoms with Gasteiger partial charge in [0.1, 0.15) is 0 Å². The van der Waals surface area contributed by atoms with Gasteiger partial charge < -0.3 is 20.4 Å². The molecule has 18 heavy (non-hydrogen) atoms. The number of rotatable bonds is 7. The summed E-state index contributed by atoms with van der Waals surface area (Å²) in [4.78, 5) is 43.5. The molecule has 0 heterocycles. The summed E-state index contributed by atoms with van der Waals surface area (Å²) < 4.78 is 0. The number of hydrogen-bond acceptors (Lipinski definition) is 4. The van der Waals surface area contributed by atoms with E-state index in [1.807, 2.05) is 0 Å². The highest BCUT2D eigenvalue weighted by Gasteiger charge is 2.47. The van der Waals surface area contributed by atoms with Gasteiger partial charge in [-0.25, -0.2) is 0 Å². The summed E-state index contributed by atoms with van der Waals surface area (Å²) in [7, 11) is 0. The maximum absolute atomic E-state index is 10.9. The minimum absolute atomic E-state index is 0.737. The fourth-order valence-corrected chi connectivity index (χ4v) is 1.83. The lowest BCUT2D eigenvalue weighted by Gasteiger charge is -2.27. The molecular weight excluding hydrogens is 248 g/mol. The Morgan fingerprint density at radius 1 is 0.667 bits per heavy atom. The van der Waals surface area contributed by atoms with Gasteiger partial charge in [-0.2, -0.15) is 0 Å². The average molecular weight is 262 g/mol. The van der Waals surface area contributed by atoms with Gasteiger partial charge in [-0.15, -0.1) is 0 Å². The van der Waals surface area contributed by atoms with E-state index in [2.05, 4.69) is 0 Å². The van der Waals surface area contributed by atoms with Crippen LogP contribution in [0, 0.1) is 23.7 Å². The Kier molecular flexibility index (Phi) is 5.28. The molecule has 0 unspecified atom stereocenters. The summed E-state index contributed by atoms with van der Waals surface area (Å²) in [5.74, 6) is -13.5. The zero-order chi connectivity index (χ0) is 14.6. The van der Waals surface area contributed by atoms with Crippen LogP contribution in [0.3, 0.4) is 0 Å². The van der Waals surface area contributed by atoms with Crippen LogP contribution >= 0.6 is 0 Å². The van der Waals surface area contributed by atoms with Gasteiger partial charge in [-0.3, -0.25) is 19.2 Å². The summed E-state index contributed by atoms with van der Waals surface area (Å²) in [5, 5.41) is 35.2. The molecule has 4 N–H and O–H groups in total. The van der Waals surface area contributed by atoms with E-state index in [0.29, 0.717) is 0 Å². The van der Waals surface area contributed by atoms with Crippen LogP contribution in [0.2, 0.25) is 0 Å². The lowest BCUT2D eigenvalue weighted by Crippen LogP contribution is -2.44. The standard InChI is InChI=1S/C10H14O8/c1-3(2)4(5(7(11)12)8(13)14)6(9(15)16)10(17)18/h3-6H,1-2H3,(H,11,12)(H,13,14)(H,15,16)(H,17,18). The van der Waals surface area contributed by atoms with E-state index in [-0.39, 0.29) is 0 Å². The molecule has 0 rings (SSSR count). The van der Waals surface area contributed by atoms with E-state index in [1.54, 1.807) is 0 Å². The van der Waals surface area contributed by atoms with Crippen molar-refractivity contribution in [3.05, 3.63) is 0 Å². The second-order valence-corrected chi connectivity index (χ2v) is 4.13. The monoisotopic (exact) mass is 262 g/mol. The van der Waals surface area contributed by atoms with E-state index >= 15 is 0 Å². The second-order valence-electron chi connectivity index (χ2n) is 4.13. The summed E-state index contributed by atoms with van der Waals surface area (Å²) >= 11 is 0. The molecule has 0 saturated heterocycles. The molecule has 0 spiro atoms. The van der Waals surface area contributed by atoms with Crippen molar-refractivity contribution in [2.45, 2.75) is 13.8 Å². The summed E-state index contributed by atoms with van der Waals surface area (Å²) in [6.07, 6.45) is 0. The molecule has 0 saturated carbocycles. The van der Waals surface area contributed by atoms with Crippen molar-refractivity contribution >= 4 is 23.9 Å². The van der Waals surface area contributed by atoms with Crippen LogP contribution in [0.15, 0.2) is 0 Å². The Hall–Kier alpha value is -2.12. The lowest BCUT2D eigenvalue weighted by atomic mass is 9.74. The van der Waals surface area contributed by atoms with Gasteiger partial charge in [-0.1, -0.05) is 13.8 Å². The molecule has 8 heteroatoms. The Balaban J connectivity index is 5.65. The third-order valence-electron chi connectivity index (χ3n) is 2.60. The minimum Gasteiger partial charge on any atom is -0.481 e. The van der Waals surface area contributed by atoms with Crippen LogP contribution in [0.4, 0.5) is 0 Å². The molecule has 0 bridgehead atoms. The maximum atomic E-state index is 10.9. The van der Waals surface area contributed by atoms with Gasteiger partial charge in [-0.05, 0) is 5.92 Å². The van der Waals surface area contributed by atoms with Gasteiger partial charge in [0, 0.05) is 5.92 Å². The Bertz CT molecular complexity index is 312. The first-order valence-corrected chi connectivity index (χ1v) is 5.02. The molecule has 0 amide bonds. The van der Waals surface area contributed by atoms with Crippen LogP contribution in [0.1, 0.15) is 13.8 Å². The summed E-state index contributed by atoms with van der Waals surface area (Å²) in [6.45, 7) is 2.75. The van der Waals surface area contributed by atoms with E-state index in [9.17, 15) is 19.2 Å². The van der Waals surface area contributed by atoms with E-state index in [4.69, 9.17) is 20.4 Å². The Morgan fingerprint density at radius 2 is 0.889 bits per heavy atom. The molecular formula is C10H14O8. The second kappa shape index (κ2) is 5.99. The van der Waals surface area contributed by atoms with Gasteiger partial charge in [0.25, 0.3) is 0 Å². The van der Waals surface area contributed by atoms with Crippen molar-refractivity contribution in [1.82, 2.24) is 0 Å². The number of aliphatic carboxylic acids is 4. The predicted octanol–water partition coefficient (Wildman–Crippen LogP) is -0.171. The van der Waals surface area contributed by atoms with Crippen LogP contribution in [-0.2, 0) is 19.2 Å². The largest absolute Gasteiger partial charge is 0.481 e. The van der Waals surface area contributed by atoms with Gasteiger partial charge in [0.05, 0.1) is 0 Å². The molecule has 0 atom stereocenters. The third kappa shape index (κ3) is 3.44. The van der Waals surface area contributed by atoms with Gasteiger partial charge in [0.15, 0.2) is 11.8 Å². The molecule has 0 aliphatic heterocycles. The van der Waals surface area contributed by atoms with Crippen LogP contribution in [0.25, 0.3) is 0 Å². The van der Waals surface area contributed by atoms with E-state index < -0.39 is 47.5 Å². The van der Waals surface area contributed by atoms with Crippen molar-refractivity contribution < 1.29 is 39.6 Å². The SMILES string of the molecule is CC(C)C(C(C(=O)O)C(=O)O)C(C(=O)O)C(=O)O. The molecule has 8 nitrogen and oxygen atoms in total.